The Balaban J connectivity index is 1.54. The van der Waals surface area contributed by atoms with E-state index in [0.717, 1.165) is 38.4 Å². The standard InChI is InChI=1S/C23H18BrN3O2S/c1-14-11-19(29-18-5-3-17(24)4-6-18)12-15(2)21(14)20-13-30-23(26-20)27-22(28)16-7-9-25-10-8-16/h3-13H,1-2H3,(H,26,27,28). The predicted octanol–water partition coefficient (Wildman–Crippen LogP) is 6.63. The van der Waals surface area contributed by atoms with Gasteiger partial charge in [-0.3, -0.25) is 15.1 Å². The first kappa shape index (κ1) is 20.3. The third-order valence-electron chi connectivity index (χ3n) is 4.48. The molecule has 0 spiro atoms. The Bertz CT molecular complexity index is 1170. The zero-order chi connectivity index (χ0) is 21.1. The summed E-state index contributed by atoms with van der Waals surface area (Å²) in [7, 11) is 0. The van der Waals surface area contributed by atoms with Gasteiger partial charge in [0.25, 0.3) is 5.91 Å². The number of amides is 1. The average Bonchev–Trinajstić information content (AvgIpc) is 3.18. The van der Waals surface area contributed by atoms with Gasteiger partial charge in [0, 0.05) is 33.4 Å². The lowest BCUT2D eigenvalue weighted by Gasteiger charge is -2.12. The molecule has 5 nitrogen and oxygen atoms in total. The fourth-order valence-corrected chi connectivity index (χ4v) is 4.10. The van der Waals surface area contributed by atoms with Crippen LogP contribution in [0.1, 0.15) is 21.5 Å². The van der Waals surface area contributed by atoms with Crippen LogP contribution in [0.5, 0.6) is 11.5 Å². The number of aromatic nitrogens is 2. The van der Waals surface area contributed by atoms with Crippen LogP contribution in [0, 0.1) is 13.8 Å². The van der Waals surface area contributed by atoms with E-state index in [4.69, 9.17) is 4.74 Å². The SMILES string of the molecule is Cc1cc(Oc2ccc(Br)cc2)cc(C)c1-c1csc(NC(=O)c2ccncc2)n1. The van der Waals surface area contributed by atoms with Gasteiger partial charge in [-0.05, 0) is 73.5 Å². The van der Waals surface area contributed by atoms with Crippen molar-refractivity contribution in [3.05, 3.63) is 87.5 Å². The number of carbonyl (C=O) groups excluding carboxylic acids is 1. The topological polar surface area (TPSA) is 64.1 Å². The lowest BCUT2D eigenvalue weighted by atomic mass is 10.0. The molecule has 4 aromatic rings. The van der Waals surface area contributed by atoms with Gasteiger partial charge in [0.05, 0.1) is 5.69 Å². The lowest BCUT2D eigenvalue weighted by Crippen LogP contribution is -2.11. The van der Waals surface area contributed by atoms with E-state index in [1.165, 1.54) is 11.3 Å². The monoisotopic (exact) mass is 479 g/mol. The van der Waals surface area contributed by atoms with Crippen molar-refractivity contribution in [2.24, 2.45) is 0 Å². The molecule has 150 valence electrons. The van der Waals surface area contributed by atoms with Gasteiger partial charge in [-0.2, -0.15) is 0 Å². The predicted molar refractivity (Wildman–Crippen MR) is 123 cm³/mol. The summed E-state index contributed by atoms with van der Waals surface area (Å²) < 4.78 is 7.00. The minimum atomic E-state index is -0.204. The Morgan fingerprint density at radius 1 is 1.00 bits per heavy atom. The highest BCUT2D eigenvalue weighted by molar-refractivity contribution is 9.10. The van der Waals surface area contributed by atoms with Crippen molar-refractivity contribution < 1.29 is 9.53 Å². The first-order valence-corrected chi connectivity index (χ1v) is 10.9. The number of anilines is 1. The molecular weight excluding hydrogens is 462 g/mol. The second-order valence-electron chi connectivity index (χ2n) is 6.72. The summed E-state index contributed by atoms with van der Waals surface area (Å²) in [5, 5.41) is 5.36. The van der Waals surface area contributed by atoms with E-state index in [9.17, 15) is 4.79 Å². The molecule has 2 aromatic carbocycles. The molecule has 0 aliphatic rings. The number of hydrogen-bond donors (Lipinski definition) is 1. The third kappa shape index (κ3) is 4.58. The summed E-state index contributed by atoms with van der Waals surface area (Å²) in [5.74, 6) is 1.35. The number of rotatable bonds is 5. The highest BCUT2D eigenvalue weighted by atomic mass is 79.9. The van der Waals surface area contributed by atoms with Gasteiger partial charge in [-0.25, -0.2) is 4.98 Å². The van der Waals surface area contributed by atoms with Gasteiger partial charge < -0.3 is 4.74 Å². The van der Waals surface area contributed by atoms with Crippen molar-refractivity contribution in [2.45, 2.75) is 13.8 Å². The molecule has 7 heteroatoms. The molecule has 0 aliphatic heterocycles. The van der Waals surface area contributed by atoms with Gasteiger partial charge in [-0.1, -0.05) is 15.9 Å². The van der Waals surface area contributed by atoms with Crippen LogP contribution in [-0.2, 0) is 0 Å². The largest absolute Gasteiger partial charge is 0.457 e. The molecule has 0 aliphatic carbocycles. The molecule has 0 bridgehead atoms. The zero-order valence-electron chi connectivity index (χ0n) is 16.3. The van der Waals surface area contributed by atoms with Crippen LogP contribution >= 0.6 is 27.3 Å². The molecule has 0 atom stereocenters. The minimum Gasteiger partial charge on any atom is -0.457 e. The van der Waals surface area contributed by atoms with Crippen molar-refractivity contribution in [1.29, 1.82) is 0 Å². The molecule has 2 heterocycles. The van der Waals surface area contributed by atoms with Gasteiger partial charge in [-0.15, -0.1) is 11.3 Å². The highest BCUT2D eigenvalue weighted by Gasteiger charge is 2.14. The van der Waals surface area contributed by atoms with Gasteiger partial charge >= 0.3 is 0 Å². The van der Waals surface area contributed by atoms with Crippen molar-refractivity contribution in [1.82, 2.24) is 9.97 Å². The molecule has 2 aromatic heterocycles. The lowest BCUT2D eigenvalue weighted by molar-refractivity contribution is 0.102. The molecule has 0 radical (unpaired) electrons. The molecule has 4 rings (SSSR count). The van der Waals surface area contributed by atoms with Crippen LogP contribution in [0.2, 0.25) is 0 Å². The second-order valence-corrected chi connectivity index (χ2v) is 8.49. The summed E-state index contributed by atoms with van der Waals surface area (Å²) >= 11 is 4.83. The first-order chi connectivity index (χ1) is 14.5. The fourth-order valence-electron chi connectivity index (χ4n) is 3.14. The number of aryl methyl sites for hydroxylation is 2. The second kappa shape index (κ2) is 8.77. The van der Waals surface area contributed by atoms with Crippen LogP contribution in [0.4, 0.5) is 5.13 Å². The van der Waals surface area contributed by atoms with Crippen molar-refractivity contribution in [3.8, 4) is 22.8 Å². The van der Waals surface area contributed by atoms with Crippen molar-refractivity contribution in [3.63, 3.8) is 0 Å². The van der Waals surface area contributed by atoms with E-state index in [1.807, 2.05) is 55.6 Å². The number of ether oxygens (including phenoxy) is 1. The Morgan fingerprint density at radius 3 is 2.33 bits per heavy atom. The third-order valence-corrected chi connectivity index (χ3v) is 5.77. The normalized spacial score (nSPS) is 10.6. The zero-order valence-corrected chi connectivity index (χ0v) is 18.8. The van der Waals surface area contributed by atoms with Crippen LogP contribution in [0.3, 0.4) is 0 Å². The summed E-state index contributed by atoms with van der Waals surface area (Å²) in [5.41, 5.74) is 4.52. The minimum absolute atomic E-state index is 0.204. The molecule has 0 saturated carbocycles. The molecule has 0 saturated heterocycles. The molecule has 0 unspecified atom stereocenters. The maximum atomic E-state index is 12.3. The van der Waals surface area contributed by atoms with E-state index in [0.29, 0.717) is 10.7 Å². The Labute approximate surface area is 186 Å². The maximum absolute atomic E-state index is 12.3. The summed E-state index contributed by atoms with van der Waals surface area (Å²) in [6.45, 7) is 4.07. The van der Waals surface area contributed by atoms with E-state index in [1.54, 1.807) is 24.5 Å². The molecule has 0 fully saturated rings. The van der Waals surface area contributed by atoms with E-state index < -0.39 is 0 Å². The van der Waals surface area contributed by atoms with Gasteiger partial charge in [0.15, 0.2) is 5.13 Å². The first-order valence-electron chi connectivity index (χ1n) is 9.21. The van der Waals surface area contributed by atoms with E-state index >= 15 is 0 Å². The molecule has 1 N–H and O–H groups in total. The smallest absolute Gasteiger partial charge is 0.257 e. The highest BCUT2D eigenvalue weighted by Crippen LogP contribution is 2.34. The van der Waals surface area contributed by atoms with Crippen LogP contribution < -0.4 is 10.1 Å². The Kier molecular flexibility index (Phi) is 5.92. The quantitative estimate of drug-likeness (QED) is 0.348. The van der Waals surface area contributed by atoms with Crippen LogP contribution in [-0.4, -0.2) is 15.9 Å². The number of pyridine rings is 1. The number of halogens is 1. The Morgan fingerprint density at radius 2 is 1.67 bits per heavy atom. The number of carbonyl (C=O) groups is 1. The summed E-state index contributed by atoms with van der Waals surface area (Å²) in [6, 6.07) is 15.1. The van der Waals surface area contributed by atoms with Crippen LogP contribution in [0.25, 0.3) is 11.3 Å². The fraction of sp³-hybridized carbons (Fsp3) is 0.0870. The maximum Gasteiger partial charge on any atom is 0.257 e. The van der Waals surface area contributed by atoms with E-state index in [2.05, 4.69) is 31.2 Å². The number of nitrogens with zero attached hydrogens (tertiary/aromatic N) is 2. The molecule has 1 amide bonds. The Hall–Kier alpha value is -3.03. The van der Waals surface area contributed by atoms with Crippen molar-refractivity contribution in [2.75, 3.05) is 5.32 Å². The summed E-state index contributed by atoms with van der Waals surface area (Å²) in [6.07, 6.45) is 3.18. The van der Waals surface area contributed by atoms with E-state index in [-0.39, 0.29) is 5.91 Å². The number of thiazole rings is 1. The van der Waals surface area contributed by atoms with Crippen LogP contribution in [0.15, 0.2) is 70.8 Å². The van der Waals surface area contributed by atoms with Gasteiger partial charge in [0.2, 0.25) is 0 Å². The number of nitrogens with one attached hydrogen (secondary N) is 1. The average molecular weight is 480 g/mol. The number of benzene rings is 2. The molecule has 30 heavy (non-hydrogen) atoms. The number of hydrogen-bond acceptors (Lipinski definition) is 5. The molecular formula is C23H18BrN3O2S. The van der Waals surface area contributed by atoms with Gasteiger partial charge in [0.1, 0.15) is 11.5 Å². The van der Waals surface area contributed by atoms with Crippen molar-refractivity contribution >= 4 is 38.3 Å². The summed E-state index contributed by atoms with van der Waals surface area (Å²) in [4.78, 5) is 20.9.